The number of anilines is 1. The van der Waals surface area contributed by atoms with E-state index < -0.39 is 12.0 Å². The minimum absolute atomic E-state index is 0.0148. The van der Waals surface area contributed by atoms with Crippen LogP contribution >= 0.6 is 11.8 Å². The van der Waals surface area contributed by atoms with Crippen LogP contribution in [-0.4, -0.2) is 72.0 Å². The summed E-state index contributed by atoms with van der Waals surface area (Å²) >= 11 is 1.61. The highest BCUT2D eigenvalue weighted by Gasteiger charge is 2.53. The summed E-state index contributed by atoms with van der Waals surface area (Å²) in [6, 6.07) is 7.34. The molecule has 7 nitrogen and oxygen atoms in total. The lowest BCUT2D eigenvalue weighted by Gasteiger charge is -2.29. The van der Waals surface area contributed by atoms with Gasteiger partial charge < -0.3 is 19.4 Å². The van der Waals surface area contributed by atoms with Gasteiger partial charge in [0.25, 0.3) is 5.91 Å². The molecule has 1 aromatic carbocycles. The monoisotopic (exact) mass is 405 g/mol. The first-order chi connectivity index (χ1) is 13.2. The lowest BCUT2D eigenvalue weighted by Crippen LogP contribution is -2.47. The Bertz CT molecular complexity index is 767. The molecule has 152 valence electrons. The molecule has 0 aromatic heterocycles. The molecular weight excluding hydrogens is 378 g/mol. The maximum Gasteiger partial charge on any atom is 0.330 e. The number of esters is 1. The van der Waals surface area contributed by atoms with Crippen molar-refractivity contribution in [3.63, 3.8) is 0 Å². The third kappa shape index (κ3) is 4.11. The van der Waals surface area contributed by atoms with Gasteiger partial charge >= 0.3 is 5.97 Å². The van der Waals surface area contributed by atoms with E-state index in [0.717, 1.165) is 17.7 Å². The number of benzene rings is 1. The quantitative estimate of drug-likeness (QED) is 0.671. The second-order valence-electron chi connectivity index (χ2n) is 7.68. The molecule has 2 heterocycles. The molecule has 28 heavy (non-hydrogen) atoms. The standard InChI is InChI=1S/C20H27N3O4S/c1-20-10-9-17(24)23(20)16(13-28-20)19(26)27-12-18(25)22(4)11-14-5-7-15(8-6-14)21(2)3/h5-8,16H,9-13H2,1-4H3/t16-,20+/m1/s1. The predicted octanol–water partition coefficient (Wildman–Crippen LogP) is 1.71. The van der Waals surface area contributed by atoms with Crippen molar-refractivity contribution in [1.29, 1.82) is 0 Å². The lowest BCUT2D eigenvalue weighted by atomic mass is 10.2. The van der Waals surface area contributed by atoms with E-state index in [2.05, 4.69) is 0 Å². The number of amides is 2. The van der Waals surface area contributed by atoms with Gasteiger partial charge in [-0.2, -0.15) is 0 Å². The Kier molecular flexibility index (Phi) is 5.88. The Morgan fingerprint density at radius 2 is 1.93 bits per heavy atom. The number of hydrogen-bond acceptors (Lipinski definition) is 6. The fraction of sp³-hybridized carbons (Fsp3) is 0.550. The van der Waals surface area contributed by atoms with Crippen molar-refractivity contribution in [1.82, 2.24) is 9.80 Å². The van der Waals surface area contributed by atoms with Crippen molar-refractivity contribution in [3.8, 4) is 0 Å². The van der Waals surface area contributed by atoms with Crippen LogP contribution in [0.15, 0.2) is 24.3 Å². The van der Waals surface area contributed by atoms with Crippen LogP contribution in [0.3, 0.4) is 0 Å². The van der Waals surface area contributed by atoms with E-state index >= 15 is 0 Å². The van der Waals surface area contributed by atoms with Crippen LogP contribution in [0.25, 0.3) is 0 Å². The highest BCUT2D eigenvalue weighted by Crippen LogP contribution is 2.47. The fourth-order valence-corrected chi connectivity index (χ4v) is 5.01. The first-order valence-corrected chi connectivity index (χ1v) is 10.3. The van der Waals surface area contributed by atoms with E-state index in [1.54, 1.807) is 23.7 Å². The third-order valence-electron chi connectivity index (χ3n) is 5.35. The molecule has 2 aliphatic heterocycles. The number of rotatable bonds is 6. The number of carbonyl (C=O) groups is 3. The normalized spacial score (nSPS) is 23.5. The largest absolute Gasteiger partial charge is 0.454 e. The molecule has 0 spiro atoms. The van der Waals surface area contributed by atoms with Gasteiger partial charge in [-0.3, -0.25) is 9.59 Å². The van der Waals surface area contributed by atoms with E-state index in [1.165, 1.54) is 4.90 Å². The Morgan fingerprint density at radius 1 is 1.25 bits per heavy atom. The molecule has 2 aliphatic rings. The summed E-state index contributed by atoms with van der Waals surface area (Å²) in [5.74, 6) is -0.266. The molecule has 8 heteroatoms. The van der Waals surface area contributed by atoms with Crippen molar-refractivity contribution < 1.29 is 19.1 Å². The van der Waals surface area contributed by atoms with E-state index in [-0.39, 0.29) is 23.3 Å². The Morgan fingerprint density at radius 3 is 2.57 bits per heavy atom. The van der Waals surface area contributed by atoms with E-state index in [4.69, 9.17) is 4.74 Å². The topological polar surface area (TPSA) is 70.2 Å². The molecule has 2 atom stereocenters. The summed E-state index contributed by atoms with van der Waals surface area (Å²) in [4.78, 5) is 41.8. The SMILES string of the molecule is CN(Cc1ccc(N(C)C)cc1)C(=O)COC(=O)[C@H]1CS[C@@]2(C)CCC(=O)N12. The second-order valence-corrected chi connectivity index (χ2v) is 9.19. The average molecular weight is 406 g/mol. The zero-order valence-corrected chi connectivity index (χ0v) is 17.6. The molecule has 0 bridgehead atoms. The summed E-state index contributed by atoms with van der Waals surface area (Å²) in [6.45, 7) is 2.10. The zero-order valence-electron chi connectivity index (χ0n) is 16.8. The Labute approximate surface area is 170 Å². The molecule has 3 rings (SSSR count). The minimum Gasteiger partial charge on any atom is -0.454 e. The van der Waals surface area contributed by atoms with Crippen LogP contribution in [0.5, 0.6) is 0 Å². The van der Waals surface area contributed by atoms with Gasteiger partial charge in [0.15, 0.2) is 6.61 Å². The number of likely N-dealkylation sites (N-methyl/N-ethyl adjacent to an activating group) is 1. The third-order valence-corrected chi connectivity index (χ3v) is 6.86. The van der Waals surface area contributed by atoms with Gasteiger partial charge in [-0.15, -0.1) is 11.8 Å². The molecule has 2 amide bonds. The van der Waals surface area contributed by atoms with E-state index in [1.807, 2.05) is 50.2 Å². The number of nitrogens with zero attached hydrogens (tertiary/aromatic N) is 3. The molecule has 0 aliphatic carbocycles. The summed E-state index contributed by atoms with van der Waals surface area (Å²) in [5.41, 5.74) is 2.09. The predicted molar refractivity (Wildman–Crippen MR) is 109 cm³/mol. The van der Waals surface area contributed by atoms with Crippen LogP contribution in [0.4, 0.5) is 5.69 Å². The maximum atomic E-state index is 12.5. The molecular formula is C20H27N3O4S. The van der Waals surface area contributed by atoms with Crippen LogP contribution in [-0.2, 0) is 25.7 Å². The summed E-state index contributed by atoms with van der Waals surface area (Å²) in [7, 11) is 5.63. The number of ether oxygens (including phenoxy) is 1. The summed E-state index contributed by atoms with van der Waals surface area (Å²) in [6.07, 6.45) is 1.20. The van der Waals surface area contributed by atoms with Gasteiger partial charge in [0.2, 0.25) is 5.91 Å². The van der Waals surface area contributed by atoms with Crippen molar-refractivity contribution in [2.75, 3.05) is 38.4 Å². The highest BCUT2D eigenvalue weighted by molar-refractivity contribution is 8.01. The highest BCUT2D eigenvalue weighted by atomic mass is 32.2. The lowest BCUT2D eigenvalue weighted by molar-refractivity contribution is -0.158. The maximum absolute atomic E-state index is 12.5. The average Bonchev–Trinajstić information content (AvgIpc) is 3.15. The molecule has 2 fully saturated rings. The number of hydrogen-bond donors (Lipinski definition) is 0. The molecule has 0 radical (unpaired) electrons. The molecule has 0 saturated carbocycles. The van der Waals surface area contributed by atoms with Crippen LogP contribution in [0.1, 0.15) is 25.3 Å². The van der Waals surface area contributed by atoms with Crippen molar-refractivity contribution >= 4 is 35.2 Å². The van der Waals surface area contributed by atoms with Gasteiger partial charge in [0, 0.05) is 45.5 Å². The second kappa shape index (κ2) is 8.03. The van der Waals surface area contributed by atoms with Crippen molar-refractivity contribution in [3.05, 3.63) is 29.8 Å². The summed E-state index contributed by atoms with van der Waals surface area (Å²) in [5, 5.41) is 0. The Balaban J connectivity index is 1.50. The zero-order chi connectivity index (χ0) is 20.5. The fourth-order valence-electron chi connectivity index (χ4n) is 3.60. The van der Waals surface area contributed by atoms with Gasteiger partial charge in [0.1, 0.15) is 6.04 Å². The van der Waals surface area contributed by atoms with Gasteiger partial charge in [-0.1, -0.05) is 12.1 Å². The van der Waals surface area contributed by atoms with E-state index in [9.17, 15) is 14.4 Å². The van der Waals surface area contributed by atoms with Crippen LogP contribution in [0.2, 0.25) is 0 Å². The smallest absolute Gasteiger partial charge is 0.330 e. The molecule has 2 saturated heterocycles. The van der Waals surface area contributed by atoms with Crippen molar-refractivity contribution in [2.45, 2.75) is 37.2 Å². The summed E-state index contributed by atoms with van der Waals surface area (Å²) < 4.78 is 5.25. The number of carbonyl (C=O) groups excluding carboxylic acids is 3. The molecule has 0 N–H and O–H groups in total. The number of fused-ring (bicyclic) bond motifs is 1. The Hall–Kier alpha value is -2.22. The number of thioether (sulfide) groups is 1. The van der Waals surface area contributed by atoms with Crippen LogP contribution in [0, 0.1) is 0 Å². The first-order valence-electron chi connectivity index (χ1n) is 9.34. The first kappa shape index (κ1) is 20.5. The minimum atomic E-state index is -0.596. The van der Waals surface area contributed by atoms with Crippen molar-refractivity contribution in [2.24, 2.45) is 0 Å². The van der Waals surface area contributed by atoms with Gasteiger partial charge in [-0.25, -0.2) is 4.79 Å². The molecule has 1 aromatic rings. The van der Waals surface area contributed by atoms with Gasteiger partial charge in [-0.05, 0) is 31.0 Å². The van der Waals surface area contributed by atoms with Crippen LogP contribution < -0.4 is 4.90 Å². The van der Waals surface area contributed by atoms with Gasteiger partial charge in [0.05, 0.1) is 4.87 Å². The molecule has 0 unspecified atom stereocenters. The van der Waals surface area contributed by atoms with E-state index in [0.29, 0.717) is 18.7 Å².